The summed E-state index contributed by atoms with van der Waals surface area (Å²) in [5, 5.41) is 20.4. The first-order chi connectivity index (χ1) is 18.8. The zero-order chi connectivity index (χ0) is 29.5. The van der Waals surface area contributed by atoms with Crippen molar-refractivity contribution in [2.24, 2.45) is 7.05 Å². The van der Waals surface area contributed by atoms with Crippen molar-refractivity contribution in [3.05, 3.63) is 92.6 Å². The summed E-state index contributed by atoms with van der Waals surface area (Å²) in [6.45, 7) is -1.28. The molecule has 7 nitrogen and oxygen atoms in total. The van der Waals surface area contributed by atoms with E-state index in [0.717, 1.165) is 28.8 Å². The van der Waals surface area contributed by atoms with Crippen LogP contribution in [0.1, 0.15) is 37.4 Å². The van der Waals surface area contributed by atoms with Crippen LogP contribution in [0.25, 0.3) is 11.0 Å². The van der Waals surface area contributed by atoms with Crippen LogP contribution in [-0.2, 0) is 19.8 Å². The van der Waals surface area contributed by atoms with Gasteiger partial charge >= 0.3 is 6.18 Å². The fraction of sp³-hybridized carbons (Fsp3) is 0.154. The van der Waals surface area contributed by atoms with Crippen LogP contribution in [0, 0.1) is 28.4 Å². The van der Waals surface area contributed by atoms with Crippen molar-refractivity contribution >= 4 is 40.0 Å². The van der Waals surface area contributed by atoms with Gasteiger partial charge in [0, 0.05) is 18.2 Å². The third-order valence-electron chi connectivity index (χ3n) is 6.03. The van der Waals surface area contributed by atoms with Gasteiger partial charge < -0.3 is 14.5 Å². The molecule has 4 rings (SSSR count). The Morgan fingerprint density at radius 3 is 2.42 bits per heavy atom. The first kappa shape index (κ1) is 28.4. The summed E-state index contributed by atoms with van der Waals surface area (Å²) in [6, 6.07) is 6.88. The van der Waals surface area contributed by atoms with Gasteiger partial charge in [-0.15, -0.1) is 0 Å². The van der Waals surface area contributed by atoms with Gasteiger partial charge in [0.25, 0.3) is 5.91 Å². The summed E-state index contributed by atoms with van der Waals surface area (Å²) in [4.78, 5) is 26.7. The molecular weight excluding hydrogens is 564 g/mol. The van der Waals surface area contributed by atoms with E-state index in [1.165, 1.54) is 11.6 Å². The number of rotatable bonds is 6. The SMILES string of the molecule is Cn1c(=N)n(CCF)c2cc(NC(=O)c3cc(F)cc(C(F)(F)F)c3)c(C(=O)c3cc(F)ccc3Cl)c(C#N)c21. The molecule has 0 bridgehead atoms. The molecule has 14 heteroatoms. The minimum Gasteiger partial charge on any atom is -0.321 e. The maximum absolute atomic E-state index is 14.0. The fourth-order valence-electron chi connectivity index (χ4n) is 4.24. The van der Waals surface area contributed by atoms with Gasteiger partial charge in [0.2, 0.25) is 5.62 Å². The predicted molar refractivity (Wildman–Crippen MR) is 132 cm³/mol. The van der Waals surface area contributed by atoms with Crippen molar-refractivity contribution in [1.82, 2.24) is 9.13 Å². The van der Waals surface area contributed by atoms with E-state index in [4.69, 9.17) is 17.0 Å². The first-order valence-corrected chi connectivity index (χ1v) is 11.6. The number of hydrogen-bond donors (Lipinski definition) is 2. The quantitative estimate of drug-likeness (QED) is 0.225. The van der Waals surface area contributed by atoms with Crippen molar-refractivity contribution in [1.29, 1.82) is 10.7 Å². The van der Waals surface area contributed by atoms with Crippen molar-refractivity contribution in [2.45, 2.75) is 12.7 Å². The zero-order valence-corrected chi connectivity index (χ0v) is 21.0. The van der Waals surface area contributed by atoms with Gasteiger partial charge in [0.05, 0.1) is 45.0 Å². The second-order valence-corrected chi connectivity index (χ2v) is 8.92. The number of imidazole rings is 1. The number of carbonyl (C=O) groups is 2. The Balaban J connectivity index is 2.01. The Bertz CT molecular complexity index is 1800. The van der Waals surface area contributed by atoms with Gasteiger partial charge in [-0.05, 0) is 42.5 Å². The molecule has 3 aromatic carbocycles. The van der Waals surface area contributed by atoms with Crippen LogP contribution in [0.4, 0.5) is 32.0 Å². The van der Waals surface area contributed by atoms with Crippen molar-refractivity contribution in [2.75, 3.05) is 12.0 Å². The number of carbonyl (C=O) groups excluding carboxylic acids is 2. The maximum atomic E-state index is 14.0. The van der Waals surface area contributed by atoms with Crippen LogP contribution in [0.2, 0.25) is 5.02 Å². The van der Waals surface area contributed by atoms with Crippen molar-refractivity contribution in [3.63, 3.8) is 0 Å². The highest BCUT2D eigenvalue weighted by Crippen LogP contribution is 2.34. The van der Waals surface area contributed by atoms with Crippen molar-refractivity contribution < 1.29 is 35.9 Å². The number of anilines is 1. The van der Waals surface area contributed by atoms with E-state index >= 15 is 0 Å². The zero-order valence-electron chi connectivity index (χ0n) is 20.3. The van der Waals surface area contributed by atoms with E-state index < -0.39 is 69.7 Å². The maximum Gasteiger partial charge on any atom is 0.416 e. The summed E-state index contributed by atoms with van der Waals surface area (Å²) in [5.41, 5.74) is -4.29. The number of nitriles is 1. The van der Waals surface area contributed by atoms with Crippen LogP contribution >= 0.6 is 11.6 Å². The second-order valence-electron chi connectivity index (χ2n) is 8.51. The molecule has 0 atom stereocenters. The molecule has 0 saturated heterocycles. The Morgan fingerprint density at radius 2 is 1.80 bits per heavy atom. The molecular formula is C26H16ClF6N5O2. The first-order valence-electron chi connectivity index (χ1n) is 11.2. The molecule has 2 N–H and O–H groups in total. The highest BCUT2D eigenvalue weighted by Gasteiger charge is 2.33. The molecule has 0 fully saturated rings. The fourth-order valence-corrected chi connectivity index (χ4v) is 4.45. The van der Waals surface area contributed by atoms with Gasteiger partial charge in [0.1, 0.15) is 24.4 Å². The summed E-state index contributed by atoms with van der Waals surface area (Å²) < 4.78 is 83.3. The van der Waals surface area contributed by atoms with E-state index in [1.54, 1.807) is 0 Å². The van der Waals surface area contributed by atoms with Crippen LogP contribution in [-0.4, -0.2) is 27.5 Å². The number of benzene rings is 3. The molecule has 1 amide bonds. The number of nitrogens with zero attached hydrogens (tertiary/aromatic N) is 3. The number of hydrogen-bond acceptors (Lipinski definition) is 4. The lowest BCUT2D eigenvalue weighted by Gasteiger charge is -2.16. The Morgan fingerprint density at radius 1 is 1.10 bits per heavy atom. The minimum absolute atomic E-state index is 0.0139. The Hall–Kier alpha value is -4.57. The molecule has 0 aliphatic heterocycles. The van der Waals surface area contributed by atoms with Crippen LogP contribution in [0.3, 0.4) is 0 Å². The normalized spacial score (nSPS) is 11.5. The monoisotopic (exact) mass is 579 g/mol. The van der Waals surface area contributed by atoms with Gasteiger partial charge in [-0.3, -0.25) is 15.0 Å². The number of alkyl halides is 4. The number of nitrogens with one attached hydrogen (secondary N) is 2. The molecule has 40 heavy (non-hydrogen) atoms. The van der Waals surface area contributed by atoms with Crippen LogP contribution < -0.4 is 10.9 Å². The number of aryl methyl sites for hydroxylation is 2. The molecule has 0 unspecified atom stereocenters. The topological polar surface area (TPSA) is 104 Å². The number of amides is 1. The number of aromatic nitrogens is 2. The second kappa shape index (κ2) is 10.5. The van der Waals surface area contributed by atoms with Crippen LogP contribution in [0.5, 0.6) is 0 Å². The molecule has 0 aliphatic carbocycles. The Kier molecular flexibility index (Phi) is 7.49. The van der Waals surface area contributed by atoms with E-state index in [1.807, 2.05) is 6.07 Å². The average Bonchev–Trinajstić information content (AvgIpc) is 3.12. The smallest absolute Gasteiger partial charge is 0.321 e. The average molecular weight is 580 g/mol. The molecule has 0 radical (unpaired) electrons. The van der Waals surface area contributed by atoms with Gasteiger partial charge in [-0.1, -0.05) is 11.6 Å². The lowest BCUT2D eigenvalue weighted by atomic mass is 9.95. The number of halogens is 7. The molecule has 1 aromatic heterocycles. The van der Waals surface area contributed by atoms with Gasteiger partial charge in [-0.25, -0.2) is 13.2 Å². The minimum atomic E-state index is -4.98. The van der Waals surface area contributed by atoms with E-state index in [2.05, 4.69) is 5.32 Å². The summed E-state index contributed by atoms with van der Waals surface area (Å²) >= 11 is 6.10. The predicted octanol–water partition coefficient (Wildman–Crippen LogP) is 5.73. The molecule has 0 aliphatic rings. The third-order valence-corrected chi connectivity index (χ3v) is 6.36. The van der Waals surface area contributed by atoms with E-state index in [-0.39, 0.29) is 34.3 Å². The number of ketones is 1. The van der Waals surface area contributed by atoms with E-state index in [9.17, 15) is 41.2 Å². The lowest BCUT2D eigenvalue weighted by Crippen LogP contribution is -2.23. The van der Waals surface area contributed by atoms with Crippen molar-refractivity contribution in [3.8, 4) is 6.07 Å². The third kappa shape index (κ3) is 5.05. The van der Waals surface area contributed by atoms with E-state index in [0.29, 0.717) is 12.1 Å². The molecule has 1 heterocycles. The molecule has 0 spiro atoms. The molecule has 0 saturated carbocycles. The van der Waals surface area contributed by atoms with Gasteiger partial charge in [-0.2, -0.15) is 18.4 Å². The summed E-state index contributed by atoms with van der Waals surface area (Å²) in [6.07, 6.45) is -4.98. The van der Waals surface area contributed by atoms with Gasteiger partial charge in [0.15, 0.2) is 5.78 Å². The molecule has 206 valence electrons. The summed E-state index contributed by atoms with van der Waals surface area (Å²) in [7, 11) is 1.37. The Labute approximate surface area is 226 Å². The largest absolute Gasteiger partial charge is 0.416 e. The molecule has 4 aromatic rings. The summed E-state index contributed by atoms with van der Waals surface area (Å²) in [5.74, 6) is -4.55. The number of fused-ring (bicyclic) bond motifs is 1. The lowest BCUT2D eigenvalue weighted by molar-refractivity contribution is -0.137. The van der Waals surface area contributed by atoms with Crippen LogP contribution in [0.15, 0.2) is 42.5 Å². The standard InChI is InChI=1S/C26H16ClF6N5O2/c1-37-22-17(11-34)21(23(39)16-9-14(29)2-3-18(16)27)19(10-20(22)38(5-4-28)25(37)35)36-24(40)12-6-13(26(31,32)33)8-15(30)7-12/h2-3,6-10,35H,4-5H2,1H3,(H,36,40). The highest BCUT2D eigenvalue weighted by molar-refractivity contribution is 6.35. The highest BCUT2D eigenvalue weighted by atomic mass is 35.5.